The van der Waals surface area contributed by atoms with Gasteiger partial charge in [-0.15, -0.1) is 10.2 Å². The van der Waals surface area contributed by atoms with Crippen LogP contribution in [0, 0.1) is 6.92 Å². The smallest absolute Gasteiger partial charge is 0.336 e. The molecule has 1 aromatic heterocycles. The molecule has 8 heteroatoms. The maximum Gasteiger partial charge on any atom is 0.417 e. The average molecular weight is 324 g/mol. The van der Waals surface area contributed by atoms with Gasteiger partial charge in [0.25, 0.3) is 5.91 Å². The molecule has 0 N–H and O–H groups in total. The number of aromatic nitrogens is 3. The van der Waals surface area contributed by atoms with Crippen LogP contribution in [0.15, 0.2) is 24.3 Å². The Balaban J connectivity index is 1.85. The fourth-order valence-electron chi connectivity index (χ4n) is 2.76. The molecule has 0 radical (unpaired) electrons. The SMILES string of the molecule is Cc1nnc2n1CCN(C(=O)c1ccccc1C(F)(F)F)CC2. The zero-order valence-corrected chi connectivity index (χ0v) is 12.5. The highest BCUT2D eigenvalue weighted by Crippen LogP contribution is 2.32. The van der Waals surface area contributed by atoms with Crippen molar-refractivity contribution >= 4 is 5.91 Å². The third-order valence-electron chi connectivity index (χ3n) is 3.96. The van der Waals surface area contributed by atoms with Crippen molar-refractivity contribution in [1.29, 1.82) is 0 Å². The highest BCUT2D eigenvalue weighted by atomic mass is 19.4. The first kappa shape index (κ1) is 15.5. The Morgan fingerprint density at radius 2 is 1.87 bits per heavy atom. The third kappa shape index (κ3) is 2.93. The molecule has 1 aromatic carbocycles. The molecule has 1 aliphatic rings. The Hall–Kier alpha value is -2.38. The molecule has 0 aliphatic carbocycles. The maximum absolute atomic E-state index is 13.1. The molecule has 122 valence electrons. The number of hydrogen-bond donors (Lipinski definition) is 0. The van der Waals surface area contributed by atoms with Gasteiger partial charge in [0.2, 0.25) is 0 Å². The molecule has 5 nitrogen and oxygen atoms in total. The van der Waals surface area contributed by atoms with Crippen LogP contribution in [0.3, 0.4) is 0 Å². The van der Waals surface area contributed by atoms with E-state index in [1.807, 2.05) is 11.5 Å². The number of alkyl halides is 3. The molecule has 0 saturated carbocycles. The van der Waals surface area contributed by atoms with Crippen molar-refractivity contribution < 1.29 is 18.0 Å². The van der Waals surface area contributed by atoms with Gasteiger partial charge >= 0.3 is 6.18 Å². The Kier molecular flexibility index (Phi) is 3.83. The number of halogens is 3. The summed E-state index contributed by atoms with van der Waals surface area (Å²) in [6.07, 6.45) is -4.08. The minimum Gasteiger partial charge on any atom is -0.336 e. The molecule has 1 amide bonds. The second-order valence-electron chi connectivity index (χ2n) is 5.40. The van der Waals surface area contributed by atoms with Crippen LogP contribution in [-0.4, -0.2) is 38.7 Å². The van der Waals surface area contributed by atoms with Gasteiger partial charge in [-0.05, 0) is 19.1 Å². The predicted octanol–water partition coefficient (Wildman–Crippen LogP) is 2.30. The summed E-state index contributed by atoms with van der Waals surface area (Å²) in [5, 5.41) is 8.01. The Bertz CT molecular complexity index is 739. The highest BCUT2D eigenvalue weighted by molar-refractivity contribution is 5.96. The Morgan fingerprint density at radius 1 is 1.13 bits per heavy atom. The van der Waals surface area contributed by atoms with E-state index in [1.165, 1.54) is 23.1 Å². The highest BCUT2D eigenvalue weighted by Gasteiger charge is 2.36. The molecule has 23 heavy (non-hydrogen) atoms. The van der Waals surface area contributed by atoms with Gasteiger partial charge in [-0.2, -0.15) is 13.2 Å². The van der Waals surface area contributed by atoms with Gasteiger partial charge < -0.3 is 9.47 Å². The summed E-state index contributed by atoms with van der Waals surface area (Å²) < 4.78 is 41.1. The molecule has 1 aliphatic heterocycles. The largest absolute Gasteiger partial charge is 0.417 e. The lowest BCUT2D eigenvalue weighted by Gasteiger charge is -2.22. The number of carbonyl (C=O) groups excluding carboxylic acids is 1. The molecule has 0 unspecified atom stereocenters. The van der Waals surface area contributed by atoms with E-state index in [0.717, 1.165) is 17.7 Å². The van der Waals surface area contributed by atoms with Crippen molar-refractivity contribution in [2.24, 2.45) is 0 Å². The minimum atomic E-state index is -4.55. The molecule has 0 spiro atoms. The topological polar surface area (TPSA) is 51.0 Å². The number of aryl methyl sites for hydroxylation is 1. The zero-order chi connectivity index (χ0) is 16.6. The van der Waals surface area contributed by atoms with Gasteiger partial charge in [-0.3, -0.25) is 4.79 Å². The van der Waals surface area contributed by atoms with Crippen LogP contribution >= 0.6 is 0 Å². The van der Waals surface area contributed by atoms with Crippen molar-refractivity contribution in [3.63, 3.8) is 0 Å². The van der Waals surface area contributed by atoms with E-state index < -0.39 is 17.6 Å². The molecule has 0 atom stereocenters. The van der Waals surface area contributed by atoms with Crippen LogP contribution in [0.25, 0.3) is 0 Å². The lowest BCUT2D eigenvalue weighted by Crippen LogP contribution is -2.35. The number of benzene rings is 1. The Labute approximate surface area is 130 Å². The molecular formula is C15H15F3N4O. The van der Waals surface area contributed by atoms with E-state index in [2.05, 4.69) is 10.2 Å². The van der Waals surface area contributed by atoms with Gasteiger partial charge in [-0.25, -0.2) is 0 Å². The molecule has 2 heterocycles. The monoisotopic (exact) mass is 324 g/mol. The average Bonchev–Trinajstić information content (AvgIpc) is 2.74. The fourth-order valence-corrected chi connectivity index (χ4v) is 2.76. The maximum atomic E-state index is 13.1. The number of hydrogen-bond acceptors (Lipinski definition) is 3. The molecule has 0 bridgehead atoms. The number of amides is 1. The van der Waals surface area contributed by atoms with Gasteiger partial charge in [0.05, 0.1) is 11.1 Å². The van der Waals surface area contributed by atoms with Crippen molar-refractivity contribution in [1.82, 2.24) is 19.7 Å². The van der Waals surface area contributed by atoms with E-state index >= 15 is 0 Å². The first-order valence-electron chi connectivity index (χ1n) is 7.22. The van der Waals surface area contributed by atoms with Crippen molar-refractivity contribution in [3.8, 4) is 0 Å². The predicted molar refractivity (Wildman–Crippen MR) is 75.8 cm³/mol. The quantitative estimate of drug-likeness (QED) is 0.809. The second kappa shape index (κ2) is 5.68. The summed E-state index contributed by atoms with van der Waals surface area (Å²) in [6, 6.07) is 4.89. The first-order chi connectivity index (χ1) is 10.9. The van der Waals surface area contributed by atoms with E-state index in [4.69, 9.17) is 0 Å². The second-order valence-corrected chi connectivity index (χ2v) is 5.40. The van der Waals surface area contributed by atoms with E-state index in [1.54, 1.807) is 0 Å². The van der Waals surface area contributed by atoms with E-state index in [9.17, 15) is 18.0 Å². The van der Waals surface area contributed by atoms with Gasteiger partial charge in [0.1, 0.15) is 11.6 Å². The molecular weight excluding hydrogens is 309 g/mol. The number of carbonyl (C=O) groups is 1. The molecule has 0 fully saturated rings. The summed E-state index contributed by atoms with van der Waals surface area (Å²) in [7, 11) is 0. The summed E-state index contributed by atoms with van der Waals surface area (Å²) in [5.41, 5.74) is -1.21. The molecule has 2 aromatic rings. The van der Waals surface area contributed by atoms with Crippen LogP contribution in [0.2, 0.25) is 0 Å². The summed E-state index contributed by atoms with van der Waals surface area (Å²) in [4.78, 5) is 14.0. The normalized spacial score (nSPS) is 15.2. The Morgan fingerprint density at radius 3 is 2.61 bits per heavy atom. The molecule has 0 saturated heterocycles. The molecule has 3 rings (SSSR count). The summed E-state index contributed by atoms with van der Waals surface area (Å²) >= 11 is 0. The van der Waals surface area contributed by atoms with Crippen LogP contribution in [0.1, 0.15) is 27.6 Å². The third-order valence-corrected chi connectivity index (χ3v) is 3.96. The van der Waals surface area contributed by atoms with E-state index in [-0.39, 0.29) is 5.56 Å². The van der Waals surface area contributed by atoms with Gasteiger partial charge in [0, 0.05) is 26.1 Å². The van der Waals surface area contributed by atoms with Crippen LogP contribution in [0.4, 0.5) is 13.2 Å². The van der Waals surface area contributed by atoms with Gasteiger partial charge in [-0.1, -0.05) is 12.1 Å². The van der Waals surface area contributed by atoms with Crippen LogP contribution in [0.5, 0.6) is 0 Å². The minimum absolute atomic E-state index is 0.311. The van der Waals surface area contributed by atoms with Crippen molar-refractivity contribution in [2.75, 3.05) is 13.1 Å². The first-order valence-corrected chi connectivity index (χ1v) is 7.22. The van der Waals surface area contributed by atoms with Crippen LogP contribution < -0.4 is 0 Å². The van der Waals surface area contributed by atoms with Crippen molar-refractivity contribution in [2.45, 2.75) is 26.1 Å². The number of fused-ring (bicyclic) bond motifs is 1. The summed E-state index contributed by atoms with van der Waals surface area (Å²) in [6.45, 7) is 2.95. The van der Waals surface area contributed by atoms with Gasteiger partial charge in [0.15, 0.2) is 0 Å². The van der Waals surface area contributed by atoms with Crippen LogP contribution in [-0.2, 0) is 19.1 Å². The lowest BCUT2D eigenvalue weighted by molar-refractivity contribution is -0.138. The van der Waals surface area contributed by atoms with E-state index in [0.29, 0.717) is 26.1 Å². The lowest BCUT2D eigenvalue weighted by atomic mass is 10.1. The standard InChI is InChI=1S/C15H15F3N4O/c1-10-19-20-13-6-7-21(8-9-22(10)13)14(23)11-4-2-3-5-12(11)15(16,17)18/h2-5H,6-9H2,1H3. The number of nitrogens with zero attached hydrogens (tertiary/aromatic N) is 4. The summed E-state index contributed by atoms with van der Waals surface area (Å²) in [5.74, 6) is 0.890. The fraction of sp³-hybridized carbons (Fsp3) is 0.400. The zero-order valence-electron chi connectivity index (χ0n) is 12.5. The number of rotatable bonds is 1. The van der Waals surface area contributed by atoms with Crippen molar-refractivity contribution in [3.05, 3.63) is 47.0 Å².